The number of hydrogen-bond donors (Lipinski definition) is 2. The van der Waals surface area contributed by atoms with E-state index in [4.69, 9.17) is 5.73 Å². The van der Waals surface area contributed by atoms with E-state index in [9.17, 15) is 4.79 Å². The van der Waals surface area contributed by atoms with Gasteiger partial charge in [0.25, 0.3) is 0 Å². The number of amides is 1. The summed E-state index contributed by atoms with van der Waals surface area (Å²) < 4.78 is 0. The second kappa shape index (κ2) is 8.75. The molecule has 1 aromatic carbocycles. The van der Waals surface area contributed by atoms with Crippen molar-refractivity contribution in [2.45, 2.75) is 46.1 Å². The van der Waals surface area contributed by atoms with Gasteiger partial charge in [-0.3, -0.25) is 4.79 Å². The molecule has 20 heavy (non-hydrogen) atoms. The van der Waals surface area contributed by atoms with Crippen LogP contribution in [0, 0.1) is 11.8 Å². The van der Waals surface area contributed by atoms with Gasteiger partial charge >= 0.3 is 0 Å². The van der Waals surface area contributed by atoms with Crippen molar-refractivity contribution in [2.75, 3.05) is 6.54 Å². The lowest BCUT2D eigenvalue weighted by atomic mass is 9.97. The van der Waals surface area contributed by atoms with Crippen molar-refractivity contribution in [2.24, 2.45) is 17.6 Å². The van der Waals surface area contributed by atoms with Gasteiger partial charge in [-0.25, -0.2) is 0 Å². The molecule has 0 saturated heterocycles. The first-order valence-corrected chi connectivity index (χ1v) is 7.57. The lowest BCUT2D eigenvalue weighted by Gasteiger charge is -2.20. The molecule has 2 unspecified atom stereocenters. The zero-order valence-electron chi connectivity index (χ0n) is 12.9. The van der Waals surface area contributed by atoms with Gasteiger partial charge in [-0.1, -0.05) is 44.2 Å². The number of hydrogen-bond acceptors (Lipinski definition) is 2. The number of benzene rings is 1. The number of rotatable bonds is 8. The maximum Gasteiger partial charge on any atom is 0.224 e. The highest BCUT2D eigenvalue weighted by Crippen LogP contribution is 2.10. The summed E-state index contributed by atoms with van der Waals surface area (Å²) in [6, 6.07) is 10.3. The van der Waals surface area contributed by atoms with E-state index in [-0.39, 0.29) is 17.9 Å². The molecule has 0 aliphatic rings. The van der Waals surface area contributed by atoms with Gasteiger partial charge in [0.15, 0.2) is 0 Å². The van der Waals surface area contributed by atoms with E-state index in [1.807, 2.05) is 30.3 Å². The minimum absolute atomic E-state index is 0.0765. The molecule has 0 saturated carbocycles. The Bertz CT molecular complexity index is 389. The lowest BCUT2D eigenvalue weighted by molar-refractivity contribution is -0.125. The van der Waals surface area contributed by atoms with E-state index in [0.29, 0.717) is 18.9 Å². The van der Waals surface area contributed by atoms with E-state index < -0.39 is 0 Å². The summed E-state index contributed by atoms with van der Waals surface area (Å²) in [4.78, 5) is 12.2. The zero-order valence-corrected chi connectivity index (χ0v) is 12.9. The SMILES string of the molecule is CC(C)CCC(C)NC(=O)C(CN)Cc1ccccc1. The van der Waals surface area contributed by atoms with Crippen molar-refractivity contribution < 1.29 is 4.79 Å². The maximum absolute atomic E-state index is 12.2. The Balaban J connectivity index is 2.46. The van der Waals surface area contributed by atoms with Crippen LogP contribution in [0.15, 0.2) is 30.3 Å². The summed E-state index contributed by atoms with van der Waals surface area (Å²) in [6.45, 7) is 6.85. The summed E-state index contributed by atoms with van der Waals surface area (Å²) in [5.41, 5.74) is 6.92. The smallest absolute Gasteiger partial charge is 0.224 e. The third-order valence-electron chi connectivity index (χ3n) is 3.55. The van der Waals surface area contributed by atoms with Gasteiger partial charge in [-0.05, 0) is 37.7 Å². The van der Waals surface area contributed by atoms with Gasteiger partial charge in [-0.2, -0.15) is 0 Å². The normalized spacial score (nSPS) is 14.1. The Kier molecular flexibility index (Phi) is 7.31. The Morgan fingerprint density at radius 3 is 2.35 bits per heavy atom. The Hall–Kier alpha value is -1.35. The van der Waals surface area contributed by atoms with Gasteiger partial charge in [0.1, 0.15) is 0 Å². The molecule has 0 fully saturated rings. The van der Waals surface area contributed by atoms with Crippen LogP contribution in [0.25, 0.3) is 0 Å². The molecule has 1 rings (SSSR count). The summed E-state index contributed by atoms with van der Waals surface area (Å²) in [6.07, 6.45) is 2.86. The summed E-state index contributed by atoms with van der Waals surface area (Å²) in [5, 5.41) is 3.09. The predicted molar refractivity (Wildman–Crippen MR) is 84.4 cm³/mol. The van der Waals surface area contributed by atoms with E-state index >= 15 is 0 Å². The summed E-state index contributed by atoms with van der Waals surface area (Å²) in [5.74, 6) is 0.607. The van der Waals surface area contributed by atoms with Crippen molar-refractivity contribution in [1.82, 2.24) is 5.32 Å². The van der Waals surface area contributed by atoms with Gasteiger partial charge < -0.3 is 11.1 Å². The van der Waals surface area contributed by atoms with Gasteiger partial charge in [0.05, 0.1) is 5.92 Å². The Morgan fingerprint density at radius 2 is 1.80 bits per heavy atom. The second-order valence-corrected chi connectivity index (χ2v) is 6.00. The first-order chi connectivity index (χ1) is 9.52. The molecule has 1 amide bonds. The van der Waals surface area contributed by atoms with Crippen LogP contribution in [0.4, 0.5) is 0 Å². The fourth-order valence-electron chi connectivity index (χ4n) is 2.20. The molecule has 3 N–H and O–H groups in total. The average Bonchev–Trinajstić information content (AvgIpc) is 2.43. The zero-order chi connectivity index (χ0) is 15.0. The molecule has 0 radical (unpaired) electrons. The standard InChI is InChI=1S/C17H28N2O/c1-13(2)9-10-14(3)19-17(20)16(12-18)11-15-7-5-4-6-8-15/h4-8,13-14,16H,9-12,18H2,1-3H3,(H,19,20). The van der Waals surface area contributed by atoms with E-state index in [1.54, 1.807) is 0 Å². The van der Waals surface area contributed by atoms with Crippen LogP contribution >= 0.6 is 0 Å². The molecule has 0 aliphatic carbocycles. The molecule has 3 nitrogen and oxygen atoms in total. The molecular weight excluding hydrogens is 248 g/mol. The van der Waals surface area contributed by atoms with Gasteiger partial charge in [0.2, 0.25) is 5.91 Å². The van der Waals surface area contributed by atoms with E-state index in [1.165, 1.54) is 0 Å². The minimum atomic E-state index is -0.140. The highest BCUT2D eigenvalue weighted by Gasteiger charge is 2.19. The topological polar surface area (TPSA) is 55.1 Å². The monoisotopic (exact) mass is 276 g/mol. The molecule has 0 heterocycles. The Labute approximate surface area is 122 Å². The van der Waals surface area contributed by atoms with Crippen LogP contribution in [-0.2, 0) is 11.2 Å². The van der Waals surface area contributed by atoms with Crippen LogP contribution in [0.1, 0.15) is 39.2 Å². The molecule has 0 spiro atoms. The molecule has 0 bridgehead atoms. The summed E-state index contributed by atoms with van der Waals surface area (Å²) in [7, 11) is 0. The maximum atomic E-state index is 12.2. The molecule has 0 aromatic heterocycles. The molecule has 1 aromatic rings. The minimum Gasteiger partial charge on any atom is -0.353 e. The van der Waals surface area contributed by atoms with Crippen molar-refractivity contribution >= 4 is 5.91 Å². The van der Waals surface area contributed by atoms with Gasteiger partial charge in [0, 0.05) is 12.6 Å². The van der Waals surface area contributed by atoms with Crippen LogP contribution in [0.3, 0.4) is 0 Å². The quantitative estimate of drug-likeness (QED) is 0.767. The number of carbonyl (C=O) groups excluding carboxylic acids is 1. The molecule has 3 heteroatoms. The molecule has 112 valence electrons. The molecule has 0 aliphatic heterocycles. The third-order valence-corrected chi connectivity index (χ3v) is 3.55. The van der Waals surface area contributed by atoms with Crippen molar-refractivity contribution in [3.8, 4) is 0 Å². The third kappa shape index (κ3) is 6.20. The fourth-order valence-corrected chi connectivity index (χ4v) is 2.20. The second-order valence-electron chi connectivity index (χ2n) is 6.00. The molecule has 2 atom stereocenters. The van der Waals surface area contributed by atoms with Crippen LogP contribution in [-0.4, -0.2) is 18.5 Å². The molecular formula is C17H28N2O. The van der Waals surface area contributed by atoms with Crippen LogP contribution < -0.4 is 11.1 Å². The number of nitrogens with one attached hydrogen (secondary N) is 1. The highest BCUT2D eigenvalue weighted by molar-refractivity contribution is 5.79. The fraction of sp³-hybridized carbons (Fsp3) is 0.588. The van der Waals surface area contributed by atoms with E-state index in [0.717, 1.165) is 18.4 Å². The van der Waals surface area contributed by atoms with Crippen LogP contribution in [0.5, 0.6) is 0 Å². The highest BCUT2D eigenvalue weighted by atomic mass is 16.1. The van der Waals surface area contributed by atoms with Crippen molar-refractivity contribution in [3.05, 3.63) is 35.9 Å². The van der Waals surface area contributed by atoms with Crippen molar-refractivity contribution in [1.29, 1.82) is 0 Å². The van der Waals surface area contributed by atoms with Crippen LogP contribution in [0.2, 0.25) is 0 Å². The Morgan fingerprint density at radius 1 is 1.15 bits per heavy atom. The first-order valence-electron chi connectivity index (χ1n) is 7.57. The summed E-state index contributed by atoms with van der Waals surface area (Å²) >= 11 is 0. The predicted octanol–water partition coefficient (Wildman–Crippen LogP) is 2.74. The number of nitrogens with two attached hydrogens (primary N) is 1. The average molecular weight is 276 g/mol. The van der Waals surface area contributed by atoms with E-state index in [2.05, 4.69) is 26.1 Å². The van der Waals surface area contributed by atoms with Gasteiger partial charge in [-0.15, -0.1) is 0 Å². The van der Waals surface area contributed by atoms with Crippen molar-refractivity contribution in [3.63, 3.8) is 0 Å². The number of carbonyl (C=O) groups is 1. The lowest BCUT2D eigenvalue weighted by Crippen LogP contribution is -2.41. The first kappa shape index (κ1) is 16.7. The largest absolute Gasteiger partial charge is 0.353 e.